The van der Waals surface area contributed by atoms with Crippen molar-refractivity contribution >= 4 is 17.4 Å². The highest BCUT2D eigenvalue weighted by Crippen LogP contribution is 2.15. The van der Waals surface area contributed by atoms with Gasteiger partial charge in [0.15, 0.2) is 6.29 Å². The normalized spacial score (nSPS) is 10.6. The summed E-state index contributed by atoms with van der Waals surface area (Å²) in [5.74, 6) is 0. The molecule has 2 N–H and O–H groups in total. The van der Waals surface area contributed by atoms with Crippen LogP contribution in [-0.4, -0.2) is 37.0 Å². The SMILES string of the molecule is CCOC(CCCNC(=O)Nc1ccc([N+](=O)[O-])cc1)OCC. The topological polar surface area (TPSA) is 103 Å². The molecule has 0 spiro atoms. The smallest absolute Gasteiger partial charge is 0.319 e. The average Bonchev–Trinajstić information content (AvgIpc) is 2.52. The Bertz CT molecular complexity index is 486. The van der Waals surface area contributed by atoms with Crippen molar-refractivity contribution in [3.05, 3.63) is 34.4 Å². The molecule has 0 aliphatic heterocycles. The molecule has 1 aromatic rings. The van der Waals surface area contributed by atoms with Crippen LogP contribution in [0.15, 0.2) is 24.3 Å². The fourth-order valence-electron chi connectivity index (χ4n) is 1.90. The minimum atomic E-state index is -0.489. The van der Waals surface area contributed by atoms with Crippen LogP contribution in [0.5, 0.6) is 0 Å². The summed E-state index contributed by atoms with van der Waals surface area (Å²) in [6.45, 7) is 5.46. The van der Waals surface area contributed by atoms with Gasteiger partial charge in [0.25, 0.3) is 5.69 Å². The summed E-state index contributed by atoms with van der Waals surface area (Å²) in [6, 6.07) is 5.29. The lowest BCUT2D eigenvalue weighted by Gasteiger charge is -2.16. The predicted molar refractivity (Wildman–Crippen MR) is 86.4 cm³/mol. The number of urea groups is 1. The molecule has 0 aliphatic carbocycles. The zero-order valence-electron chi connectivity index (χ0n) is 13.4. The quantitative estimate of drug-likeness (QED) is 0.298. The van der Waals surface area contributed by atoms with Gasteiger partial charge in [-0.15, -0.1) is 0 Å². The molecule has 0 aliphatic rings. The average molecular weight is 325 g/mol. The van der Waals surface area contributed by atoms with E-state index in [1.165, 1.54) is 24.3 Å². The molecular formula is C15H23N3O5. The first kappa shape index (κ1) is 18.9. The van der Waals surface area contributed by atoms with E-state index in [1.54, 1.807) is 0 Å². The van der Waals surface area contributed by atoms with Crippen molar-refractivity contribution < 1.29 is 19.2 Å². The van der Waals surface area contributed by atoms with E-state index in [2.05, 4.69) is 10.6 Å². The first-order chi connectivity index (χ1) is 11.1. The Balaban J connectivity index is 2.27. The van der Waals surface area contributed by atoms with Gasteiger partial charge in [0.05, 0.1) is 4.92 Å². The second kappa shape index (κ2) is 10.5. The zero-order valence-corrected chi connectivity index (χ0v) is 13.4. The van der Waals surface area contributed by atoms with Crippen molar-refractivity contribution in [3.8, 4) is 0 Å². The Morgan fingerprint density at radius 3 is 2.35 bits per heavy atom. The first-order valence-corrected chi connectivity index (χ1v) is 7.59. The van der Waals surface area contributed by atoms with Gasteiger partial charge in [-0.05, 0) is 32.4 Å². The fraction of sp³-hybridized carbons (Fsp3) is 0.533. The molecule has 0 atom stereocenters. The van der Waals surface area contributed by atoms with Crippen molar-refractivity contribution in [2.45, 2.75) is 33.0 Å². The van der Waals surface area contributed by atoms with Crippen molar-refractivity contribution in [2.24, 2.45) is 0 Å². The minimum absolute atomic E-state index is 0.0196. The summed E-state index contributed by atoms with van der Waals surface area (Å²) in [4.78, 5) is 21.8. The number of anilines is 1. The molecule has 0 heterocycles. The van der Waals surface area contributed by atoms with Crippen LogP contribution in [0.25, 0.3) is 0 Å². The summed E-state index contributed by atoms with van der Waals surface area (Å²) < 4.78 is 10.8. The number of carbonyl (C=O) groups is 1. The van der Waals surface area contributed by atoms with E-state index in [-0.39, 0.29) is 18.0 Å². The van der Waals surface area contributed by atoms with Crippen molar-refractivity contribution in [1.82, 2.24) is 5.32 Å². The van der Waals surface area contributed by atoms with E-state index in [4.69, 9.17) is 9.47 Å². The van der Waals surface area contributed by atoms with E-state index in [1.807, 2.05) is 13.8 Å². The summed E-state index contributed by atoms with van der Waals surface area (Å²) in [6.07, 6.45) is 1.17. The molecule has 2 amide bonds. The number of ether oxygens (including phenoxy) is 2. The number of benzene rings is 1. The molecular weight excluding hydrogens is 302 g/mol. The summed E-state index contributed by atoms with van der Waals surface area (Å²) in [7, 11) is 0. The molecule has 0 unspecified atom stereocenters. The number of hydrogen-bond acceptors (Lipinski definition) is 5. The second-order valence-electron chi connectivity index (χ2n) is 4.67. The number of nitrogens with one attached hydrogen (secondary N) is 2. The number of hydrogen-bond donors (Lipinski definition) is 2. The number of nitro benzene ring substituents is 1. The van der Waals surface area contributed by atoms with E-state index in [0.717, 1.165) is 6.42 Å². The second-order valence-corrected chi connectivity index (χ2v) is 4.67. The maximum absolute atomic E-state index is 11.7. The summed E-state index contributed by atoms with van der Waals surface area (Å²) in [5, 5.41) is 15.9. The molecule has 0 aromatic heterocycles. The lowest BCUT2D eigenvalue weighted by molar-refractivity contribution is -0.384. The molecule has 8 nitrogen and oxygen atoms in total. The number of carbonyl (C=O) groups excluding carboxylic acids is 1. The predicted octanol–water partition coefficient (Wildman–Crippen LogP) is 2.90. The lowest BCUT2D eigenvalue weighted by Crippen LogP contribution is -2.30. The van der Waals surface area contributed by atoms with Gasteiger partial charge in [0, 0.05) is 44.0 Å². The number of rotatable bonds is 10. The van der Waals surface area contributed by atoms with Crippen LogP contribution in [0.2, 0.25) is 0 Å². The van der Waals surface area contributed by atoms with Crippen molar-refractivity contribution in [2.75, 3.05) is 25.1 Å². The molecule has 23 heavy (non-hydrogen) atoms. The van der Waals surface area contributed by atoms with Crippen molar-refractivity contribution in [1.29, 1.82) is 0 Å². The number of amides is 2. The monoisotopic (exact) mass is 325 g/mol. The Labute approximate surface area is 135 Å². The van der Waals surface area contributed by atoms with Crippen LogP contribution in [0.3, 0.4) is 0 Å². The fourth-order valence-corrected chi connectivity index (χ4v) is 1.90. The third-order valence-corrected chi connectivity index (χ3v) is 2.94. The van der Waals surface area contributed by atoms with Crippen LogP contribution >= 0.6 is 0 Å². The number of nitro groups is 1. The summed E-state index contributed by atoms with van der Waals surface area (Å²) in [5.41, 5.74) is 0.475. The summed E-state index contributed by atoms with van der Waals surface area (Å²) >= 11 is 0. The van der Waals surface area contributed by atoms with Gasteiger partial charge in [0.1, 0.15) is 0 Å². The highest BCUT2D eigenvalue weighted by atomic mass is 16.7. The molecule has 128 valence electrons. The van der Waals surface area contributed by atoms with Gasteiger partial charge in [-0.3, -0.25) is 10.1 Å². The lowest BCUT2D eigenvalue weighted by atomic mass is 10.3. The van der Waals surface area contributed by atoms with E-state index < -0.39 is 4.92 Å². The van der Waals surface area contributed by atoms with Crippen LogP contribution in [0.1, 0.15) is 26.7 Å². The van der Waals surface area contributed by atoms with Crippen LogP contribution in [-0.2, 0) is 9.47 Å². The Kier molecular flexibility index (Phi) is 8.63. The molecule has 1 rings (SSSR count). The molecule has 0 fully saturated rings. The maximum Gasteiger partial charge on any atom is 0.319 e. The molecule has 0 saturated carbocycles. The maximum atomic E-state index is 11.7. The van der Waals surface area contributed by atoms with Gasteiger partial charge in [-0.1, -0.05) is 0 Å². The van der Waals surface area contributed by atoms with E-state index >= 15 is 0 Å². The molecule has 0 bridgehead atoms. The Hall–Kier alpha value is -2.19. The van der Waals surface area contributed by atoms with Gasteiger partial charge in [-0.2, -0.15) is 0 Å². The third-order valence-electron chi connectivity index (χ3n) is 2.94. The van der Waals surface area contributed by atoms with Crippen LogP contribution in [0.4, 0.5) is 16.2 Å². The van der Waals surface area contributed by atoms with E-state index in [9.17, 15) is 14.9 Å². The Morgan fingerprint density at radius 2 is 1.83 bits per heavy atom. The third kappa shape index (κ3) is 7.57. The molecule has 1 aromatic carbocycles. The first-order valence-electron chi connectivity index (χ1n) is 7.59. The zero-order chi connectivity index (χ0) is 17.1. The van der Waals surface area contributed by atoms with Gasteiger partial charge < -0.3 is 20.1 Å². The van der Waals surface area contributed by atoms with E-state index in [0.29, 0.717) is 31.9 Å². The van der Waals surface area contributed by atoms with Crippen molar-refractivity contribution in [3.63, 3.8) is 0 Å². The highest BCUT2D eigenvalue weighted by molar-refractivity contribution is 5.89. The van der Waals surface area contributed by atoms with Crippen LogP contribution in [0, 0.1) is 10.1 Å². The Morgan fingerprint density at radius 1 is 1.22 bits per heavy atom. The largest absolute Gasteiger partial charge is 0.353 e. The highest BCUT2D eigenvalue weighted by Gasteiger charge is 2.08. The molecule has 8 heteroatoms. The standard InChI is InChI=1S/C15H23N3O5/c1-3-22-14(23-4-2)6-5-11-16-15(19)17-12-7-9-13(10-8-12)18(20)21/h7-10,14H,3-6,11H2,1-2H3,(H2,16,17,19). The van der Waals surface area contributed by atoms with Gasteiger partial charge >= 0.3 is 6.03 Å². The molecule has 0 saturated heterocycles. The number of non-ortho nitro benzene ring substituents is 1. The van der Waals surface area contributed by atoms with Crippen LogP contribution < -0.4 is 10.6 Å². The minimum Gasteiger partial charge on any atom is -0.353 e. The molecule has 0 radical (unpaired) electrons. The number of nitrogens with zero attached hydrogens (tertiary/aromatic N) is 1. The van der Waals surface area contributed by atoms with Gasteiger partial charge in [-0.25, -0.2) is 4.79 Å². The van der Waals surface area contributed by atoms with Gasteiger partial charge in [0.2, 0.25) is 0 Å².